The second-order valence-corrected chi connectivity index (χ2v) is 8.05. The van der Waals surface area contributed by atoms with Crippen molar-refractivity contribution in [3.05, 3.63) is 53.7 Å². The first kappa shape index (κ1) is 21.3. The highest BCUT2D eigenvalue weighted by Crippen LogP contribution is 2.42. The van der Waals surface area contributed by atoms with Gasteiger partial charge in [-0.2, -0.15) is 0 Å². The van der Waals surface area contributed by atoms with E-state index in [0.717, 1.165) is 24.1 Å². The molecular weight excluding hydrogens is 427 g/mol. The molecule has 2 aliphatic rings. The van der Waals surface area contributed by atoms with E-state index >= 15 is 0 Å². The number of pyridine rings is 1. The monoisotopic (exact) mass is 452 g/mol. The fourth-order valence-electron chi connectivity index (χ4n) is 4.30. The van der Waals surface area contributed by atoms with E-state index in [9.17, 15) is 9.18 Å². The summed E-state index contributed by atoms with van der Waals surface area (Å²) in [5, 5.41) is 6.29. The zero-order chi connectivity index (χ0) is 22.8. The van der Waals surface area contributed by atoms with Gasteiger partial charge < -0.3 is 29.8 Å². The van der Waals surface area contributed by atoms with Gasteiger partial charge in [-0.1, -0.05) is 6.07 Å². The molecule has 9 heteroatoms. The van der Waals surface area contributed by atoms with Crippen molar-refractivity contribution < 1.29 is 23.4 Å². The molecule has 8 nitrogen and oxygen atoms in total. The number of nitrogens with one attached hydrogen (secondary N) is 3. The second-order valence-electron chi connectivity index (χ2n) is 8.05. The third kappa shape index (κ3) is 4.11. The molecule has 0 spiro atoms. The number of carbonyl (C=O) groups excluding carboxylic acids is 1. The highest BCUT2D eigenvalue weighted by molar-refractivity contribution is 6.07. The number of hydrogen-bond acceptors (Lipinski definition) is 6. The Morgan fingerprint density at radius 1 is 1.24 bits per heavy atom. The fraction of sp³-hybridized carbons (Fsp3) is 0.333. The average molecular weight is 452 g/mol. The van der Waals surface area contributed by atoms with Gasteiger partial charge in [0.2, 0.25) is 0 Å². The number of carbonyl (C=O) groups is 1. The summed E-state index contributed by atoms with van der Waals surface area (Å²) in [5.74, 6) is -0.0589. The minimum atomic E-state index is -0.499. The number of fused-ring (bicyclic) bond motifs is 4. The van der Waals surface area contributed by atoms with Gasteiger partial charge in [0.25, 0.3) is 5.91 Å². The molecule has 1 aromatic carbocycles. The van der Waals surface area contributed by atoms with Gasteiger partial charge in [0, 0.05) is 30.5 Å². The van der Waals surface area contributed by atoms with Crippen LogP contribution in [0.4, 0.5) is 15.8 Å². The van der Waals surface area contributed by atoms with E-state index in [1.807, 2.05) is 6.07 Å². The predicted molar refractivity (Wildman–Crippen MR) is 121 cm³/mol. The lowest BCUT2D eigenvalue weighted by molar-refractivity contribution is 0.0799. The summed E-state index contributed by atoms with van der Waals surface area (Å²) in [6.45, 7) is 1.55. The van der Waals surface area contributed by atoms with Crippen molar-refractivity contribution in [1.29, 1.82) is 0 Å². The van der Waals surface area contributed by atoms with Crippen molar-refractivity contribution in [2.24, 2.45) is 0 Å². The van der Waals surface area contributed by atoms with Crippen LogP contribution in [0.1, 0.15) is 28.9 Å². The van der Waals surface area contributed by atoms with E-state index in [0.29, 0.717) is 54.6 Å². The molecule has 3 bridgehead atoms. The SMILES string of the molecule is COc1c(F)cccc1Nc1c2[nH]c3c1C(=O)N[C@H](COCCCCOc1cnccc1-2)C3. The zero-order valence-corrected chi connectivity index (χ0v) is 18.2. The van der Waals surface area contributed by atoms with Gasteiger partial charge in [-0.3, -0.25) is 9.78 Å². The Morgan fingerprint density at radius 3 is 3.00 bits per heavy atom. The number of aromatic amines is 1. The Labute approximate surface area is 190 Å². The molecule has 0 aliphatic carbocycles. The number of hydrogen-bond donors (Lipinski definition) is 3. The van der Waals surface area contributed by atoms with Crippen molar-refractivity contribution >= 4 is 17.3 Å². The highest BCUT2D eigenvalue weighted by Gasteiger charge is 2.32. The van der Waals surface area contributed by atoms with Crippen LogP contribution >= 0.6 is 0 Å². The van der Waals surface area contributed by atoms with Crippen LogP contribution in [0.15, 0.2) is 36.7 Å². The molecular formula is C24H25FN4O4. The highest BCUT2D eigenvalue weighted by atomic mass is 19.1. The lowest BCUT2D eigenvalue weighted by Gasteiger charge is -2.24. The number of H-pyrrole nitrogens is 1. The van der Waals surface area contributed by atoms with Gasteiger partial charge in [0.15, 0.2) is 11.6 Å². The Hall–Kier alpha value is -3.59. The minimum Gasteiger partial charge on any atom is -0.492 e. The molecule has 3 aromatic rings. The summed E-state index contributed by atoms with van der Waals surface area (Å²) >= 11 is 0. The van der Waals surface area contributed by atoms with E-state index in [-0.39, 0.29) is 17.7 Å². The van der Waals surface area contributed by atoms with Gasteiger partial charge in [0.1, 0.15) is 5.75 Å². The second kappa shape index (κ2) is 9.11. The van der Waals surface area contributed by atoms with Crippen molar-refractivity contribution in [1.82, 2.24) is 15.3 Å². The van der Waals surface area contributed by atoms with Gasteiger partial charge in [-0.25, -0.2) is 4.39 Å². The molecule has 2 aromatic heterocycles. The summed E-state index contributed by atoms with van der Waals surface area (Å²) in [5.41, 5.74) is 3.61. The Morgan fingerprint density at radius 2 is 2.12 bits per heavy atom. The van der Waals surface area contributed by atoms with Gasteiger partial charge in [-0.05, 0) is 31.0 Å². The normalized spacial score (nSPS) is 18.0. The molecule has 3 N–H and O–H groups in total. The van der Waals surface area contributed by atoms with Crippen LogP contribution in [0.5, 0.6) is 11.5 Å². The lowest BCUT2D eigenvalue weighted by atomic mass is 10.0. The number of rotatable bonds is 3. The number of halogens is 1. The van der Waals surface area contributed by atoms with Crippen LogP contribution in [0.25, 0.3) is 11.3 Å². The molecule has 1 amide bonds. The predicted octanol–water partition coefficient (Wildman–Crippen LogP) is 3.81. The van der Waals surface area contributed by atoms with E-state index in [2.05, 4.69) is 20.6 Å². The molecule has 5 rings (SSSR count). The Balaban J connectivity index is 1.67. The maximum absolute atomic E-state index is 14.4. The number of anilines is 2. The van der Waals surface area contributed by atoms with Crippen LogP contribution < -0.4 is 20.1 Å². The molecule has 1 atom stereocenters. The molecule has 33 heavy (non-hydrogen) atoms. The maximum atomic E-state index is 14.4. The molecule has 0 unspecified atom stereocenters. The minimum absolute atomic E-state index is 0.0676. The molecule has 4 heterocycles. The zero-order valence-electron chi connectivity index (χ0n) is 18.2. The first-order chi connectivity index (χ1) is 16.2. The summed E-state index contributed by atoms with van der Waals surface area (Å²) in [6.07, 6.45) is 5.61. The van der Waals surface area contributed by atoms with Crippen LogP contribution in [-0.2, 0) is 11.2 Å². The van der Waals surface area contributed by atoms with Crippen molar-refractivity contribution in [3.8, 4) is 22.8 Å². The Bertz CT molecular complexity index is 1180. The lowest BCUT2D eigenvalue weighted by Crippen LogP contribution is -2.44. The van der Waals surface area contributed by atoms with Crippen LogP contribution in [0, 0.1) is 5.82 Å². The van der Waals surface area contributed by atoms with E-state index in [4.69, 9.17) is 14.2 Å². The van der Waals surface area contributed by atoms with E-state index < -0.39 is 5.82 Å². The third-order valence-corrected chi connectivity index (χ3v) is 5.83. The fourth-order valence-corrected chi connectivity index (χ4v) is 4.30. The topological polar surface area (TPSA) is 97.5 Å². The van der Waals surface area contributed by atoms with Crippen LogP contribution in [0.3, 0.4) is 0 Å². The summed E-state index contributed by atoms with van der Waals surface area (Å²) in [6, 6.07) is 6.32. The van der Waals surface area contributed by atoms with Crippen molar-refractivity contribution in [2.45, 2.75) is 25.3 Å². The smallest absolute Gasteiger partial charge is 0.255 e. The molecule has 0 saturated heterocycles. The maximum Gasteiger partial charge on any atom is 0.255 e. The van der Waals surface area contributed by atoms with E-state index in [1.165, 1.54) is 13.2 Å². The van der Waals surface area contributed by atoms with E-state index in [1.54, 1.807) is 24.5 Å². The number of amides is 1. The van der Waals surface area contributed by atoms with Gasteiger partial charge in [-0.15, -0.1) is 0 Å². The number of ether oxygens (including phenoxy) is 3. The number of aromatic nitrogens is 2. The summed E-state index contributed by atoms with van der Waals surface area (Å²) < 4.78 is 31.4. The number of benzene rings is 1. The Kier molecular flexibility index (Phi) is 5.87. The van der Waals surface area contributed by atoms with Crippen LogP contribution in [0.2, 0.25) is 0 Å². The first-order valence-electron chi connectivity index (χ1n) is 11.0. The van der Waals surface area contributed by atoms with Gasteiger partial charge in [0.05, 0.1) is 55.2 Å². The largest absolute Gasteiger partial charge is 0.492 e. The van der Waals surface area contributed by atoms with Crippen molar-refractivity contribution in [3.63, 3.8) is 0 Å². The summed E-state index contributed by atoms with van der Waals surface area (Å²) in [7, 11) is 1.41. The number of nitrogens with zero attached hydrogens (tertiary/aromatic N) is 1. The first-order valence-corrected chi connectivity index (χ1v) is 11.0. The standard InChI is InChI=1S/C24H25FN4O4/c1-31-23-16(25)5-4-6-17(23)28-22-20-18-11-14(27-24(20)30)13-32-9-2-3-10-33-19-12-26-8-7-15(19)21(22)29-18/h4-8,12,14,28-29H,2-3,9-11,13H2,1H3,(H,27,30)/t14-/m0/s1. The average Bonchev–Trinajstić information content (AvgIpc) is 3.16. The number of para-hydroxylation sites is 1. The molecule has 172 valence electrons. The van der Waals surface area contributed by atoms with Gasteiger partial charge >= 0.3 is 0 Å². The third-order valence-electron chi connectivity index (χ3n) is 5.83. The summed E-state index contributed by atoms with van der Waals surface area (Å²) in [4.78, 5) is 20.8. The molecule has 0 fully saturated rings. The van der Waals surface area contributed by atoms with Crippen molar-refractivity contribution in [2.75, 3.05) is 32.2 Å². The van der Waals surface area contributed by atoms with Crippen LogP contribution in [-0.4, -0.2) is 48.8 Å². The molecule has 0 saturated carbocycles. The molecule has 0 radical (unpaired) electrons. The number of methoxy groups -OCH3 is 1. The quantitative estimate of drug-likeness (QED) is 0.559. The molecule has 2 aliphatic heterocycles.